The summed E-state index contributed by atoms with van der Waals surface area (Å²) in [7, 11) is 0. The van der Waals surface area contributed by atoms with Crippen LogP contribution in [0.25, 0.3) is 0 Å². The SMILES string of the molecule is CCCCCCC(O)CCCCCCCCCCC(=O)NC(C)O. The second-order valence-corrected chi connectivity index (χ2v) is 7.11. The Bertz CT molecular complexity index is 282. The maximum Gasteiger partial charge on any atom is 0.221 e. The van der Waals surface area contributed by atoms with Gasteiger partial charge < -0.3 is 15.5 Å². The first-order valence-corrected chi connectivity index (χ1v) is 10.2. The number of aliphatic hydroxyl groups is 2. The van der Waals surface area contributed by atoms with E-state index < -0.39 is 6.23 Å². The maximum atomic E-state index is 11.3. The van der Waals surface area contributed by atoms with E-state index >= 15 is 0 Å². The Morgan fingerprint density at radius 3 is 1.75 bits per heavy atom. The number of amides is 1. The monoisotopic (exact) mass is 343 g/mol. The molecular weight excluding hydrogens is 302 g/mol. The number of hydrogen-bond acceptors (Lipinski definition) is 3. The average molecular weight is 344 g/mol. The van der Waals surface area contributed by atoms with Crippen molar-refractivity contribution in [2.45, 2.75) is 122 Å². The molecule has 3 N–H and O–H groups in total. The molecule has 1 amide bonds. The molecule has 24 heavy (non-hydrogen) atoms. The van der Waals surface area contributed by atoms with E-state index in [0.717, 1.165) is 32.1 Å². The second-order valence-electron chi connectivity index (χ2n) is 7.11. The summed E-state index contributed by atoms with van der Waals surface area (Å²) in [6.07, 6.45) is 15.9. The first kappa shape index (κ1) is 23.4. The number of nitrogens with one attached hydrogen (secondary N) is 1. The van der Waals surface area contributed by atoms with Crippen molar-refractivity contribution < 1.29 is 15.0 Å². The molecule has 4 nitrogen and oxygen atoms in total. The highest BCUT2D eigenvalue weighted by Gasteiger charge is 2.04. The molecular formula is C20H41NO3. The minimum absolute atomic E-state index is 0.0572. The average Bonchev–Trinajstić information content (AvgIpc) is 2.52. The van der Waals surface area contributed by atoms with Crippen molar-refractivity contribution in [2.75, 3.05) is 0 Å². The Morgan fingerprint density at radius 1 is 0.792 bits per heavy atom. The van der Waals surface area contributed by atoms with E-state index in [-0.39, 0.29) is 12.0 Å². The standard InChI is InChI=1S/C20H41NO3/c1-3-4-5-12-15-19(23)16-13-10-8-6-7-9-11-14-17-20(24)21-18(2)22/h18-19,22-23H,3-17H2,1-2H3,(H,21,24). The van der Waals surface area contributed by atoms with Crippen LogP contribution in [0.5, 0.6) is 0 Å². The van der Waals surface area contributed by atoms with Gasteiger partial charge in [-0.25, -0.2) is 0 Å². The van der Waals surface area contributed by atoms with Gasteiger partial charge in [-0.3, -0.25) is 4.79 Å². The summed E-state index contributed by atoms with van der Waals surface area (Å²) in [4.78, 5) is 11.3. The quantitative estimate of drug-likeness (QED) is 0.265. The van der Waals surface area contributed by atoms with Gasteiger partial charge in [-0.05, 0) is 26.2 Å². The van der Waals surface area contributed by atoms with Crippen LogP contribution < -0.4 is 5.32 Å². The van der Waals surface area contributed by atoms with Gasteiger partial charge >= 0.3 is 0 Å². The zero-order chi connectivity index (χ0) is 18.0. The van der Waals surface area contributed by atoms with E-state index in [1.165, 1.54) is 57.8 Å². The highest BCUT2D eigenvalue weighted by atomic mass is 16.3. The third kappa shape index (κ3) is 17.7. The van der Waals surface area contributed by atoms with Gasteiger partial charge in [0, 0.05) is 6.42 Å². The Hall–Kier alpha value is -0.610. The van der Waals surface area contributed by atoms with E-state index in [1.807, 2.05) is 0 Å². The molecule has 0 saturated carbocycles. The van der Waals surface area contributed by atoms with Crippen molar-refractivity contribution in [2.24, 2.45) is 0 Å². The molecule has 0 aromatic rings. The number of rotatable bonds is 17. The first-order valence-electron chi connectivity index (χ1n) is 10.2. The van der Waals surface area contributed by atoms with Gasteiger partial charge in [0.2, 0.25) is 5.91 Å². The minimum Gasteiger partial charge on any atom is -0.393 e. The van der Waals surface area contributed by atoms with Crippen LogP contribution in [0.4, 0.5) is 0 Å². The van der Waals surface area contributed by atoms with Crippen molar-refractivity contribution in [1.82, 2.24) is 5.32 Å². The second kappa shape index (κ2) is 17.2. The number of carbonyl (C=O) groups excluding carboxylic acids is 1. The highest BCUT2D eigenvalue weighted by molar-refractivity contribution is 5.75. The van der Waals surface area contributed by atoms with E-state index in [1.54, 1.807) is 6.92 Å². The fourth-order valence-corrected chi connectivity index (χ4v) is 2.98. The van der Waals surface area contributed by atoms with Crippen LogP contribution in [-0.4, -0.2) is 28.5 Å². The molecule has 0 heterocycles. The molecule has 0 rings (SSSR count). The Labute approximate surface area is 149 Å². The Morgan fingerprint density at radius 2 is 1.25 bits per heavy atom. The van der Waals surface area contributed by atoms with E-state index in [4.69, 9.17) is 5.11 Å². The summed E-state index contributed by atoms with van der Waals surface area (Å²) in [6.45, 7) is 3.77. The third-order valence-electron chi connectivity index (χ3n) is 4.45. The summed E-state index contributed by atoms with van der Waals surface area (Å²) in [5.41, 5.74) is 0. The van der Waals surface area contributed by atoms with Gasteiger partial charge in [-0.2, -0.15) is 0 Å². The van der Waals surface area contributed by atoms with E-state index in [0.29, 0.717) is 6.42 Å². The van der Waals surface area contributed by atoms with Crippen LogP contribution in [0.1, 0.15) is 110 Å². The van der Waals surface area contributed by atoms with Crippen LogP contribution >= 0.6 is 0 Å². The third-order valence-corrected chi connectivity index (χ3v) is 4.45. The molecule has 0 aliphatic heterocycles. The van der Waals surface area contributed by atoms with Gasteiger partial charge in [-0.1, -0.05) is 77.6 Å². The fraction of sp³-hybridized carbons (Fsp3) is 0.950. The predicted octanol–water partition coefficient (Wildman–Crippen LogP) is 4.67. The van der Waals surface area contributed by atoms with Crippen LogP contribution in [-0.2, 0) is 4.79 Å². The topological polar surface area (TPSA) is 69.6 Å². The first-order chi connectivity index (χ1) is 11.6. The van der Waals surface area contributed by atoms with Crippen molar-refractivity contribution in [1.29, 1.82) is 0 Å². The van der Waals surface area contributed by atoms with Gasteiger partial charge in [0.1, 0.15) is 6.23 Å². The summed E-state index contributed by atoms with van der Waals surface area (Å²) < 4.78 is 0. The lowest BCUT2D eigenvalue weighted by atomic mass is 10.0. The van der Waals surface area contributed by atoms with Crippen LogP contribution in [0.3, 0.4) is 0 Å². The molecule has 4 heteroatoms. The molecule has 144 valence electrons. The van der Waals surface area contributed by atoms with E-state index in [2.05, 4.69) is 12.2 Å². The van der Waals surface area contributed by atoms with E-state index in [9.17, 15) is 9.90 Å². The molecule has 0 aromatic heterocycles. The number of hydrogen-bond donors (Lipinski definition) is 3. The summed E-state index contributed by atoms with van der Waals surface area (Å²) >= 11 is 0. The highest BCUT2D eigenvalue weighted by Crippen LogP contribution is 2.14. The Balaban J connectivity index is 3.21. The Kier molecular flexibility index (Phi) is 16.8. The van der Waals surface area contributed by atoms with Crippen molar-refractivity contribution in [3.05, 3.63) is 0 Å². The maximum absolute atomic E-state index is 11.3. The van der Waals surface area contributed by atoms with Gasteiger partial charge in [-0.15, -0.1) is 0 Å². The molecule has 0 aliphatic rings. The lowest BCUT2D eigenvalue weighted by Gasteiger charge is -2.10. The molecule has 0 bridgehead atoms. The fourth-order valence-electron chi connectivity index (χ4n) is 2.98. The molecule has 0 fully saturated rings. The number of aliphatic hydroxyl groups excluding tert-OH is 2. The number of carbonyl (C=O) groups is 1. The lowest BCUT2D eigenvalue weighted by Crippen LogP contribution is -2.31. The van der Waals surface area contributed by atoms with Crippen molar-refractivity contribution >= 4 is 5.91 Å². The zero-order valence-electron chi connectivity index (χ0n) is 16.1. The van der Waals surface area contributed by atoms with Crippen LogP contribution in [0.2, 0.25) is 0 Å². The normalized spacial score (nSPS) is 13.7. The molecule has 0 aliphatic carbocycles. The van der Waals surface area contributed by atoms with Gasteiger partial charge in [0.25, 0.3) is 0 Å². The van der Waals surface area contributed by atoms with Crippen molar-refractivity contribution in [3.8, 4) is 0 Å². The number of unbranched alkanes of at least 4 members (excludes halogenated alkanes) is 10. The predicted molar refractivity (Wildman–Crippen MR) is 101 cm³/mol. The van der Waals surface area contributed by atoms with Crippen LogP contribution in [0, 0.1) is 0 Å². The van der Waals surface area contributed by atoms with Gasteiger partial charge in [0.05, 0.1) is 6.10 Å². The zero-order valence-corrected chi connectivity index (χ0v) is 16.1. The molecule has 0 spiro atoms. The molecule has 0 saturated heterocycles. The van der Waals surface area contributed by atoms with Crippen LogP contribution in [0.15, 0.2) is 0 Å². The smallest absolute Gasteiger partial charge is 0.221 e. The van der Waals surface area contributed by atoms with Gasteiger partial charge in [0.15, 0.2) is 0 Å². The van der Waals surface area contributed by atoms with Crippen molar-refractivity contribution in [3.63, 3.8) is 0 Å². The lowest BCUT2D eigenvalue weighted by molar-refractivity contribution is -0.123. The summed E-state index contributed by atoms with van der Waals surface area (Å²) in [5.74, 6) is -0.0572. The molecule has 2 atom stereocenters. The summed E-state index contributed by atoms with van der Waals surface area (Å²) in [5, 5.41) is 21.4. The summed E-state index contributed by atoms with van der Waals surface area (Å²) in [6, 6.07) is 0. The molecule has 0 radical (unpaired) electrons. The largest absolute Gasteiger partial charge is 0.393 e. The minimum atomic E-state index is -0.743. The molecule has 0 aromatic carbocycles. The molecule has 2 unspecified atom stereocenters.